The molecular formula is C17H19BrFN. The van der Waals surface area contributed by atoms with E-state index < -0.39 is 0 Å². The normalized spacial score (nSPS) is 10.8. The molecule has 0 aliphatic carbocycles. The van der Waals surface area contributed by atoms with E-state index in [1.807, 2.05) is 24.3 Å². The number of hydrogen-bond acceptors (Lipinski definition) is 1. The second-order valence-electron chi connectivity index (χ2n) is 4.98. The molecule has 3 heteroatoms. The van der Waals surface area contributed by atoms with Gasteiger partial charge in [0.15, 0.2) is 0 Å². The summed E-state index contributed by atoms with van der Waals surface area (Å²) in [5, 5.41) is 0. The minimum atomic E-state index is -0.122. The molecule has 0 aliphatic rings. The van der Waals surface area contributed by atoms with Gasteiger partial charge in [0.2, 0.25) is 0 Å². The van der Waals surface area contributed by atoms with Gasteiger partial charge in [0.25, 0.3) is 0 Å². The highest BCUT2D eigenvalue weighted by atomic mass is 79.9. The number of nitrogens with zero attached hydrogens (tertiary/aromatic N) is 1. The van der Waals surface area contributed by atoms with Gasteiger partial charge in [0, 0.05) is 16.2 Å². The van der Waals surface area contributed by atoms with Crippen molar-refractivity contribution in [1.82, 2.24) is 4.98 Å². The largest absolute Gasteiger partial charge is 0.255 e. The second kappa shape index (κ2) is 7.53. The van der Waals surface area contributed by atoms with Crippen LogP contribution in [0.2, 0.25) is 0 Å². The van der Waals surface area contributed by atoms with Crippen molar-refractivity contribution in [2.24, 2.45) is 0 Å². The number of rotatable bonds is 6. The summed E-state index contributed by atoms with van der Waals surface area (Å²) in [5.41, 5.74) is 2.43. The summed E-state index contributed by atoms with van der Waals surface area (Å²) in [7, 11) is 0. The highest BCUT2D eigenvalue weighted by Crippen LogP contribution is 2.22. The number of unbranched alkanes of at least 4 members (excludes halogenated alkanes) is 3. The maximum atomic E-state index is 14.1. The molecule has 2 aromatic rings. The third-order valence-corrected chi connectivity index (χ3v) is 3.84. The molecule has 0 radical (unpaired) electrons. The molecule has 1 nitrogen and oxygen atoms in total. The van der Waals surface area contributed by atoms with Crippen LogP contribution in [0.5, 0.6) is 0 Å². The molecule has 2 rings (SSSR count). The van der Waals surface area contributed by atoms with E-state index in [1.165, 1.54) is 19.3 Å². The maximum absolute atomic E-state index is 14.1. The average molecular weight is 336 g/mol. The van der Waals surface area contributed by atoms with Crippen LogP contribution in [0, 0.1) is 5.82 Å². The molecule has 0 spiro atoms. The molecule has 0 aliphatic heterocycles. The Bertz CT molecular complexity index is 551. The monoisotopic (exact) mass is 335 g/mol. The number of halogens is 2. The van der Waals surface area contributed by atoms with Crippen LogP contribution in [0.1, 0.15) is 38.2 Å². The molecular weight excluding hydrogens is 317 g/mol. The van der Waals surface area contributed by atoms with Crippen molar-refractivity contribution < 1.29 is 4.39 Å². The van der Waals surface area contributed by atoms with E-state index in [9.17, 15) is 4.39 Å². The van der Waals surface area contributed by atoms with E-state index in [4.69, 9.17) is 0 Å². The molecule has 0 amide bonds. The molecule has 0 saturated carbocycles. The smallest absolute Gasteiger partial charge is 0.127 e. The summed E-state index contributed by atoms with van der Waals surface area (Å²) in [5.74, 6) is -0.122. The Kier molecular flexibility index (Phi) is 5.72. The molecule has 0 atom stereocenters. The van der Waals surface area contributed by atoms with E-state index in [2.05, 4.69) is 27.8 Å². The van der Waals surface area contributed by atoms with E-state index in [0.29, 0.717) is 0 Å². The van der Waals surface area contributed by atoms with Crippen molar-refractivity contribution in [3.8, 4) is 11.3 Å². The molecule has 1 heterocycles. The van der Waals surface area contributed by atoms with Gasteiger partial charge in [-0.1, -0.05) is 38.3 Å². The van der Waals surface area contributed by atoms with Crippen molar-refractivity contribution in [1.29, 1.82) is 0 Å². The van der Waals surface area contributed by atoms with Crippen LogP contribution in [0.3, 0.4) is 0 Å². The fraction of sp³-hybridized carbons (Fsp3) is 0.353. The predicted octanol–water partition coefficient (Wildman–Crippen LogP) is 5.77. The van der Waals surface area contributed by atoms with Crippen LogP contribution >= 0.6 is 15.9 Å². The maximum Gasteiger partial charge on any atom is 0.127 e. The summed E-state index contributed by atoms with van der Waals surface area (Å²) >= 11 is 3.35. The van der Waals surface area contributed by atoms with E-state index in [-0.39, 0.29) is 5.82 Å². The third kappa shape index (κ3) is 4.14. The lowest BCUT2D eigenvalue weighted by Gasteiger charge is -2.06. The zero-order valence-corrected chi connectivity index (χ0v) is 13.3. The fourth-order valence-corrected chi connectivity index (χ4v) is 2.43. The minimum Gasteiger partial charge on any atom is -0.255 e. The van der Waals surface area contributed by atoms with E-state index >= 15 is 0 Å². The second-order valence-corrected chi connectivity index (χ2v) is 5.89. The number of aromatic nitrogens is 1. The Morgan fingerprint density at radius 1 is 1.10 bits per heavy atom. The van der Waals surface area contributed by atoms with Crippen LogP contribution in [-0.4, -0.2) is 4.98 Å². The quantitative estimate of drug-likeness (QED) is 0.610. The van der Waals surface area contributed by atoms with Crippen LogP contribution in [0.15, 0.2) is 41.0 Å². The Morgan fingerprint density at radius 3 is 2.60 bits per heavy atom. The third-order valence-electron chi connectivity index (χ3n) is 3.38. The SMILES string of the molecule is CCCCCCc1ccc(-c2ccc(Br)cn2)cc1F. The molecule has 0 bridgehead atoms. The number of pyridine rings is 1. The molecule has 1 aromatic carbocycles. The van der Waals surface area contributed by atoms with Crippen LogP contribution < -0.4 is 0 Å². The molecule has 106 valence electrons. The van der Waals surface area contributed by atoms with Gasteiger partial charge in [0.05, 0.1) is 5.69 Å². The van der Waals surface area contributed by atoms with Gasteiger partial charge in [0.1, 0.15) is 5.82 Å². The molecule has 0 saturated heterocycles. The average Bonchev–Trinajstić information content (AvgIpc) is 2.46. The fourth-order valence-electron chi connectivity index (χ4n) is 2.20. The first kappa shape index (κ1) is 15.2. The lowest BCUT2D eigenvalue weighted by molar-refractivity contribution is 0.594. The molecule has 0 N–H and O–H groups in total. The zero-order chi connectivity index (χ0) is 14.4. The summed E-state index contributed by atoms with van der Waals surface area (Å²) in [6, 6.07) is 9.23. The van der Waals surface area contributed by atoms with Crippen molar-refractivity contribution >= 4 is 15.9 Å². The Morgan fingerprint density at radius 2 is 1.95 bits per heavy atom. The van der Waals surface area contributed by atoms with Gasteiger partial charge in [-0.3, -0.25) is 4.98 Å². The molecule has 0 unspecified atom stereocenters. The van der Waals surface area contributed by atoms with Crippen molar-refractivity contribution in [3.05, 3.63) is 52.4 Å². The van der Waals surface area contributed by atoms with Crippen LogP contribution in [0.25, 0.3) is 11.3 Å². The molecule has 20 heavy (non-hydrogen) atoms. The van der Waals surface area contributed by atoms with Gasteiger partial charge in [-0.05, 0) is 52.5 Å². The van der Waals surface area contributed by atoms with E-state index in [0.717, 1.165) is 34.1 Å². The molecule has 1 aromatic heterocycles. The summed E-state index contributed by atoms with van der Waals surface area (Å²) in [6.07, 6.45) is 7.21. The first-order valence-corrected chi connectivity index (χ1v) is 7.90. The first-order valence-electron chi connectivity index (χ1n) is 7.11. The summed E-state index contributed by atoms with van der Waals surface area (Å²) in [4.78, 5) is 4.29. The zero-order valence-electron chi connectivity index (χ0n) is 11.7. The van der Waals surface area contributed by atoms with Crippen LogP contribution in [-0.2, 0) is 6.42 Å². The Hall–Kier alpha value is -1.22. The molecule has 0 fully saturated rings. The van der Waals surface area contributed by atoms with Gasteiger partial charge in [-0.2, -0.15) is 0 Å². The lowest BCUT2D eigenvalue weighted by atomic mass is 10.0. The highest BCUT2D eigenvalue weighted by Gasteiger charge is 2.06. The summed E-state index contributed by atoms with van der Waals surface area (Å²) in [6.45, 7) is 2.18. The number of benzene rings is 1. The standard InChI is InChI=1S/C17H19BrFN/c1-2-3-4-5-6-13-7-8-14(11-16(13)19)17-10-9-15(18)12-20-17/h7-12H,2-6H2,1H3. The van der Waals surface area contributed by atoms with Gasteiger partial charge in [-0.15, -0.1) is 0 Å². The van der Waals surface area contributed by atoms with Gasteiger partial charge >= 0.3 is 0 Å². The Balaban J connectivity index is 2.07. The topological polar surface area (TPSA) is 12.9 Å². The van der Waals surface area contributed by atoms with Crippen molar-refractivity contribution in [2.45, 2.75) is 39.0 Å². The number of aryl methyl sites for hydroxylation is 1. The van der Waals surface area contributed by atoms with E-state index in [1.54, 1.807) is 12.3 Å². The van der Waals surface area contributed by atoms with Crippen molar-refractivity contribution in [2.75, 3.05) is 0 Å². The highest BCUT2D eigenvalue weighted by molar-refractivity contribution is 9.10. The number of hydrogen-bond donors (Lipinski definition) is 0. The van der Waals surface area contributed by atoms with Crippen LogP contribution in [0.4, 0.5) is 4.39 Å². The minimum absolute atomic E-state index is 0.122. The van der Waals surface area contributed by atoms with Gasteiger partial charge < -0.3 is 0 Å². The Labute approximate surface area is 128 Å². The predicted molar refractivity (Wildman–Crippen MR) is 85.2 cm³/mol. The summed E-state index contributed by atoms with van der Waals surface area (Å²) < 4.78 is 15.0. The lowest BCUT2D eigenvalue weighted by Crippen LogP contribution is -1.93. The first-order chi connectivity index (χ1) is 9.70. The van der Waals surface area contributed by atoms with Gasteiger partial charge in [-0.25, -0.2) is 4.39 Å². The van der Waals surface area contributed by atoms with Crippen molar-refractivity contribution in [3.63, 3.8) is 0 Å².